The second-order valence-corrected chi connectivity index (χ2v) is 12.2. The Bertz CT molecular complexity index is 1150. The van der Waals surface area contributed by atoms with Crippen LogP contribution in [0, 0.1) is 17.3 Å². The van der Waals surface area contributed by atoms with Crippen molar-refractivity contribution >= 4 is 41.4 Å². The molecule has 0 aromatic carbocycles. The van der Waals surface area contributed by atoms with E-state index in [0.29, 0.717) is 5.57 Å². The van der Waals surface area contributed by atoms with Crippen LogP contribution in [0.1, 0.15) is 60.8 Å². The first-order valence-electron chi connectivity index (χ1n) is 13.6. The molecule has 1 N–H and O–H groups in total. The zero-order valence-corrected chi connectivity index (χ0v) is 24.7. The highest BCUT2D eigenvalue weighted by Crippen LogP contribution is 2.63. The van der Waals surface area contributed by atoms with E-state index in [1.165, 1.54) is 27.7 Å². The molecule has 12 nitrogen and oxygen atoms in total. The standard InChI is InChI=1S/C28H37ClO12/c1-12-8-9-18(37-14(3)30)26(7)19(38-15(4)31)10-20(39-16(5)32)27(11-36-27)22(26)24(40-17(6)33)28(35)13(2)25(34)41-23(28)21(12)29/h13,18-24,35H,1,8-11H2,2-7H3/t13-,18-,19+,20+,21-,22+,23-,24?,26-,27+,28-/m0/s1. The number of alkyl halides is 1. The molecule has 4 fully saturated rings. The molecule has 2 aliphatic carbocycles. The molecule has 11 atom stereocenters. The van der Waals surface area contributed by atoms with Crippen LogP contribution >= 0.6 is 11.6 Å². The minimum Gasteiger partial charge on any atom is -0.462 e. The summed E-state index contributed by atoms with van der Waals surface area (Å²) in [6.45, 7) is 11.9. The lowest BCUT2D eigenvalue weighted by Gasteiger charge is -2.58. The average molecular weight is 601 g/mol. The van der Waals surface area contributed by atoms with Crippen molar-refractivity contribution in [2.75, 3.05) is 6.61 Å². The van der Waals surface area contributed by atoms with Crippen molar-refractivity contribution in [1.29, 1.82) is 0 Å². The second-order valence-electron chi connectivity index (χ2n) is 11.7. The Labute approximate surface area is 242 Å². The smallest absolute Gasteiger partial charge is 0.312 e. The molecule has 2 aliphatic heterocycles. The molecule has 41 heavy (non-hydrogen) atoms. The van der Waals surface area contributed by atoms with E-state index in [0.717, 1.165) is 6.92 Å². The van der Waals surface area contributed by atoms with Gasteiger partial charge in [-0.15, -0.1) is 11.6 Å². The van der Waals surface area contributed by atoms with Crippen LogP contribution in [0.3, 0.4) is 0 Å². The summed E-state index contributed by atoms with van der Waals surface area (Å²) in [5, 5.41) is 11.5. The van der Waals surface area contributed by atoms with Crippen LogP contribution < -0.4 is 0 Å². The third-order valence-electron chi connectivity index (χ3n) is 9.14. The molecule has 228 valence electrons. The molecule has 0 bridgehead atoms. The first-order chi connectivity index (χ1) is 19.0. The number of rotatable bonds is 4. The first-order valence-corrected chi connectivity index (χ1v) is 14.0. The van der Waals surface area contributed by atoms with Crippen molar-refractivity contribution < 1.29 is 57.5 Å². The van der Waals surface area contributed by atoms with Gasteiger partial charge in [0.15, 0.2) is 11.7 Å². The molecular weight excluding hydrogens is 564 g/mol. The van der Waals surface area contributed by atoms with Crippen LogP contribution in [0.4, 0.5) is 0 Å². The average Bonchev–Trinajstić information content (AvgIpc) is 3.61. The Morgan fingerprint density at radius 2 is 1.46 bits per heavy atom. The lowest BCUT2D eigenvalue weighted by molar-refractivity contribution is -0.259. The summed E-state index contributed by atoms with van der Waals surface area (Å²) in [5.74, 6) is -5.94. The maximum Gasteiger partial charge on any atom is 0.312 e. The highest BCUT2D eigenvalue weighted by molar-refractivity contribution is 6.23. The number of hydrogen-bond donors (Lipinski definition) is 1. The molecular formula is C28H37ClO12. The number of ether oxygens (including phenoxy) is 6. The zero-order valence-electron chi connectivity index (χ0n) is 24.0. The van der Waals surface area contributed by atoms with Crippen LogP contribution in [0.5, 0.6) is 0 Å². The Kier molecular flexibility index (Phi) is 8.27. The Morgan fingerprint density at radius 3 is 1.98 bits per heavy atom. The van der Waals surface area contributed by atoms with Gasteiger partial charge in [-0.3, -0.25) is 24.0 Å². The van der Waals surface area contributed by atoms with E-state index >= 15 is 0 Å². The normalized spacial score (nSPS) is 43.6. The minimum absolute atomic E-state index is 0.00347. The fraction of sp³-hybridized carbons (Fsp3) is 0.750. The summed E-state index contributed by atoms with van der Waals surface area (Å²) >= 11 is 6.78. The van der Waals surface area contributed by atoms with Crippen molar-refractivity contribution in [2.45, 2.75) is 108 Å². The van der Waals surface area contributed by atoms with E-state index in [9.17, 15) is 29.1 Å². The fourth-order valence-electron chi connectivity index (χ4n) is 7.17. The third kappa shape index (κ3) is 5.12. The monoisotopic (exact) mass is 600 g/mol. The molecule has 2 saturated carbocycles. The van der Waals surface area contributed by atoms with Gasteiger partial charge in [-0.25, -0.2) is 0 Å². The van der Waals surface area contributed by atoms with Gasteiger partial charge in [0.2, 0.25) is 0 Å². The maximum atomic E-state index is 13.0. The van der Waals surface area contributed by atoms with Gasteiger partial charge in [0.25, 0.3) is 0 Å². The summed E-state index contributed by atoms with van der Waals surface area (Å²) in [6.07, 6.45) is -5.82. The Balaban J connectivity index is 2.06. The largest absolute Gasteiger partial charge is 0.462 e. The quantitative estimate of drug-likeness (QED) is 0.164. The predicted molar refractivity (Wildman–Crippen MR) is 139 cm³/mol. The summed E-state index contributed by atoms with van der Waals surface area (Å²) in [5.41, 5.74) is -4.66. The number of esters is 5. The molecule has 0 radical (unpaired) electrons. The van der Waals surface area contributed by atoms with Crippen LogP contribution in [-0.2, 0) is 52.4 Å². The highest BCUT2D eigenvalue weighted by atomic mass is 35.5. The zero-order chi connectivity index (χ0) is 30.7. The van der Waals surface area contributed by atoms with Gasteiger partial charge < -0.3 is 33.5 Å². The van der Waals surface area contributed by atoms with Gasteiger partial charge in [-0.1, -0.05) is 19.1 Å². The summed E-state index contributed by atoms with van der Waals surface area (Å²) in [6, 6.07) is 0. The molecule has 2 heterocycles. The van der Waals surface area contributed by atoms with Crippen molar-refractivity contribution in [1.82, 2.24) is 0 Å². The number of fused-ring (bicyclic) bond motifs is 3. The predicted octanol–water partition coefficient (Wildman–Crippen LogP) is 1.76. The minimum atomic E-state index is -2.25. The molecule has 0 aromatic rings. The number of carbonyl (C=O) groups is 5. The van der Waals surface area contributed by atoms with Crippen molar-refractivity contribution in [3.63, 3.8) is 0 Å². The third-order valence-corrected chi connectivity index (χ3v) is 9.68. The van der Waals surface area contributed by atoms with E-state index < -0.39 is 94.2 Å². The lowest BCUT2D eigenvalue weighted by Crippen LogP contribution is -2.72. The molecule has 0 aromatic heterocycles. The molecule has 2 saturated heterocycles. The van der Waals surface area contributed by atoms with Gasteiger partial charge in [-0.2, -0.15) is 0 Å². The second kappa shape index (κ2) is 10.9. The fourth-order valence-corrected chi connectivity index (χ4v) is 7.53. The van der Waals surface area contributed by atoms with Crippen molar-refractivity contribution in [3.8, 4) is 0 Å². The highest BCUT2D eigenvalue weighted by Gasteiger charge is 2.78. The van der Waals surface area contributed by atoms with Crippen LogP contribution in [-0.4, -0.2) is 88.7 Å². The van der Waals surface area contributed by atoms with E-state index in [-0.39, 0.29) is 25.9 Å². The first kappa shape index (κ1) is 31.2. The van der Waals surface area contributed by atoms with E-state index in [1.54, 1.807) is 6.92 Å². The molecule has 4 aliphatic rings. The Hall–Kier alpha value is -2.70. The summed E-state index contributed by atoms with van der Waals surface area (Å²) in [7, 11) is 0. The van der Waals surface area contributed by atoms with E-state index in [1.807, 2.05) is 0 Å². The molecule has 0 amide bonds. The number of aliphatic hydroxyl groups is 1. The number of carbonyl (C=O) groups excluding carboxylic acids is 5. The van der Waals surface area contributed by atoms with Gasteiger partial charge in [0.1, 0.15) is 30.0 Å². The van der Waals surface area contributed by atoms with E-state index in [2.05, 4.69) is 6.58 Å². The van der Waals surface area contributed by atoms with Gasteiger partial charge in [0, 0.05) is 40.0 Å². The van der Waals surface area contributed by atoms with Crippen molar-refractivity contribution in [2.24, 2.45) is 17.3 Å². The maximum absolute atomic E-state index is 13.0. The van der Waals surface area contributed by atoms with Crippen LogP contribution in [0.15, 0.2) is 12.2 Å². The lowest BCUT2D eigenvalue weighted by atomic mass is 9.51. The SMILES string of the molecule is C=C1CC[C@H](OC(C)=O)[C@@]2(C)[C@H](OC(C)=O)C[C@@H](OC(C)=O)[C@]3(CO3)[C@@H]2C(OC(C)=O)[C@]2(O)[C@@H](C)C(=O)O[C@H]2[C@H]1Cl. The number of epoxide rings is 1. The van der Waals surface area contributed by atoms with Crippen LogP contribution in [0.25, 0.3) is 0 Å². The molecule has 1 spiro atoms. The molecule has 1 unspecified atom stereocenters. The van der Waals surface area contributed by atoms with Gasteiger partial charge >= 0.3 is 29.8 Å². The van der Waals surface area contributed by atoms with E-state index in [4.69, 9.17) is 40.0 Å². The number of hydrogen-bond acceptors (Lipinski definition) is 12. The summed E-state index contributed by atoms with van der Waals surface area (Å²) in [4.78, 5) is 62.9. The topological polar surface area (TPSA) is 164 Å². The summed E-state index contributed by atoms with van der Waals surface area (Å²) < 4.78 is 34.9. The number of halogens is 1. The van der Waals surface area contributed by atoms with Crippen molar-refractivity contribution in [3.05, 3.63) is 12.2 Å². The molecule has 4 rings (SSSR count). The van der Waals surface area contributed by atoms with Gasteiger partial charge in [0.05, 0.1) is 23.3 Å². The Morgan fingerprint density at radius 1 is 0.951 bits per heavy atom. The van der Waals surface area contributed by atoms with Gasteiger partial charge in [-0.05, 0) is 19.8 Å². The molecule has 13 heteroatoms. The van der Waals surface area contributed by atoms with Crippen LogP contribution in [0.2, 0.25) is 0 Å².